The summed E-state index contributed by atoms with van der Waals surface area (Å²) in [6, 6.07) is -0.319. The molecule has 0 aromatic carbocycles. The van der Waals surface area contributed by atoms with Gasteiger partial charge in [0.1, 0.15) is 0 Å². The van der Waals surface area contributed by atoms with Crippen LogP contribution in [0.15, 0.2) is 4.52 Å². The molecule has 0 amide bonds. The van der Waals surface area contributed by atoms with Crippen molar-refractivity contribution in [1.82, 2.24) is 18.8 Å². The second kappa shape index (κ2) is 5.40. The maximum atomic E-state index is 12.7. The summed E-state index contributed by atoms with van der Waals surface area (Å²) >= 11 is 0. The minimum Gasteiger partial charge on any atom is -0.379 e. The van der Waals surface area contributed by atoms with Crippen LogP contribution in [0.1, 0.15) is 30.6 Å². The van der Waals surface area contributed by atoms with Crippen LogP contribution in [0.4, 0.5) is 0 Å². The van der Waals surface area contributed by atoms with Crippen molar-refractivity contribution >= 4 is 10.2 Å². The van der Waals surface area contributed by atoms with E-state index in [9.17, 15) is 8.42 Å². The van der Waals surface area contributed by atoms with Crippen molar-refractivity contribution in [2.75, 3.05) is 32.8 Å². The average molecular weight is 302 g/mol. The molecule has 2 fully saturated rings. The molecule has 20 heavy (non-hydrogen) atoms. The van der Waals surface area contributed by atoms with E-state index in [4.69, 9.17) is 9.26 Å². The highest BCUT2D eigenvalue weighted by Gasteiger charge is 2.41. The molecule has 1 atom stereocenters. The number of rotatable bonds is 3. The Balaban J connectivity index is 1.84. The van der Waals surface area contributed by atoms with Gasteiger partial charge in [-0.1, -0.05) is 5.16 Å². The van der Waals surface area contributed by atoms with Gasteiger partial charge in [-0.15, -0.1) is 0 Å². The summed E-state index contributed by atoms with van der Waals surface area (Å²) in [5.74, 6) is 0.910. The van der Waals surface area contributed by atoms with Crippen LogP contribution in [-0.4, -0.2) is 60.0 Å². The van der Waals surface area contributed by atoms with Gasteiger partial charge in [0.05, 0.1) is 19.3 Å². The first-order chi connectivity index (χ1) is 9.59. The monoisotopic (exact) mass is 302 g/mol. The van der Waals surface area contributed by atoms with Crippen molar-refractivity contribution in [3.8, 4) is 0 Å². The first kappa shape index (κ1) is 13.9. The van der Waals surface area contributed by atoms with Crippen molar-refractivity contribution in [3.05, 3.63) is 11.7 Å². The van der Waals surface area contributed by atoms with Crippen molar-refractivity contribution in [1.29, 1.82) is 0 Å². The molecule has 0 saturated carbocycles. The first-order valence-corrected chi connectivity index (χ1v) is 8.13. The van der Waals surface area contributed by atoms with Gasteiger partial charge < -0.3 is 9.26 Å². The third kappa shape index (κ3) is 2.46. The summed E-state index contributed by atoms with van der Waals surface area (Å²) in [6.07, 6.45) is 1.53. The maximum absolute atomic E-state index is 12.7. The standard InChI is InChI=1S/C11H18N4O4S/c1-9-12-11(13-19-9)10-3-2-4-15(10)20(16,17)14-5-7-18-8-6-14/h10H,2-8H2,1H3. The van der Waals surface area contributed by atoms with Gasteiger partial charge in [0.25, 0.3) is 10.2 Å². The molecule has 9 heteroatoms. The molecule has 3 heterocycles. The highest BCUT2D eigenvalue weighted by Crippen LogP contribution is 2.33. The molecule has 2 aliphatic rings. The molecule has 112 valence electrons. The van der Waals surface area contributed by atoms with Gasteiger partial charge in [-0.25, -0.2) is 0 Å². The fraction of sp³-hybridized carbons (Fsp3) is 0.818. The number of ether oxygens (including phenoxy) is 1. The highest BCUT2D eigenvalue weighted by molar-refractivity contribution is 7.86. The summed E-state index contributed by atoms with van der Waals surface area (Å²) in [4.78, 5) is 4.17. The molecule has 0 radical (unpaired) electrons. The molecule has 8 nitrogen and oxygen atoms in total. The summed E-state index contributed by atoms with van der Waals surface area (Å²) in [5, 5.41) is 3.87. The third-order valence-corrected chi connectivity index (χ3v) is 5.69. The van der Waals surface area contributed by atoms with Gasteiger partial charge in [0.15, 0.2) is 5.82 Å². The fourth-order valence-electron chi connectivity index (χ4n) is 2.65. The number of hydrogen-bond donors (Lipinski definition) is 0. The van der Waals surface area contributed by atoms with Crippen LogP contribution < -0.4 is 0 Å². The van der Waals surface area contributed by atoms with Crippen molar-refractivity contribution in [3.63, 3.8) is 0 Å². The lowest BCUT2D eigenvalue weighted by molar-refractivity contribution is 0.0698. The van der Waals surface area contributed by atoms with Gasteiger partial charge in [0, 0.05) is 26.6 Å². The van der Waals surface area contributed by atoms with E-state index in [0.29, 0.717) is 44.6 Å². The van der Waals surface area contributed by atoms with E-state index in [-0.39, 0.29) is 6.04 Å². The molecule has 3 rings (SSSR count). The molecule has 1 unspecified atom stereocenters. The molecule has 2 aliphatic heterocycles. The van der Waals surface area contributed by atoms with Gasteiger partial charge in [-0.05, 0) is 12.8 Å². The van der Waals surface area contributed by atoms with Gasteiger partial charge in [-0.3, -0.25) is 0 Å². The third-order valence-electron chi connectivity index (χ3n) is 3.64. The van der Waals surface area contributed by atoms with E-state index in [1.807, 2.05) is 0 Å². The van der Waals surface area contributed by atoms with Crippen LogP contribution in [0.25, 0.3) is 0 Å². The van der Waals surface area contributed by atoms with Gasteiger partial charge in [-0.2, -0.15) is 22.0 Å². The summed E-state index contributed by atoms with van der Waals surface area (Å²) in [7, 11) is -3.48. The predicted octanol–water partition coefficient (Wildman–Crippen LogP) is 0.0919. The Labute approximate surface area is 117 Å². The van der Waals surface area contributed by atoms with Gasteiger partial charge in [0.2, 0.25) is 5.89 Å². The van der Waals surface area contributed by atoms with Crippen LogP contribution in [0, 0.1) is 6.92 Å². The summed E-state index contributed by atoms with van der Waals surface area (Å²) in [6.45, 7) is 3.88. The molecular formula is C11H18N4O4S. The topological polar surface area (TPSA) is 88.8 Å². The van der Waals surface area contributed by atoms with E-state index >= 15 is 0 Å². The SMILES string of the molecule is Cc1nc(C2CCCN2S(=O)(=O)N2CCOCC2)no1. The van der Waals surface area contributed by atoms with Crippen molar-refractivity contribution in [2.24, 2.45) is 0 Å². The zero-order valence-corrected chi connectivity index (χ0v) is 12.2. The molecule has 2 saturated heterocycles. The lowest BCUT2D eigenvalue weighted by atomic mass is 10.2. The quantitative estimate of drug-likeness (QED) is 0.786. The average Bonchev–Trinajstić information content (AvgIpc) is 3.08. The highest BCUT2D eigenvalue weighted by atomic mass is 32.2. The molecule has 0 aliphatic carbocycles. The number of aromatic nitrogens is 2. The lowest BCUT2D eigenvalue weighted by Gasteiger charge is -2.32. The number of aryl methyl sites for hydroxylation is 1. The Morgan fingerprint density at radius 2 is 2.00 bits per heavy atom. The second-order valence-electron chi connectivity index (χ2n) is 4.96. The Kier molecular flexibility index (Phi) is 3.76. The van der Waals surface area contributed by atoms with E-state index in [2.05, 4.69) is 10.1 Å². The van der Waals surface area contributed by atoms with Crippen LogP contribution in [-0.2, 0) is 14.9 Å². The maximum Gasteiger partial charge on any atom is 0.282 e. The molecular weight excluding hydrogens is 284 g/mol. The minimum absolute atomic E-state index is 0.319. The van der Waals surface area contributed by atoms with Crippen LogP contribution in [0.3, 0.4) is 0 Å². The van der Waals surface area contributed by atoms with Crippen molar-refractivity contribution in [2.45, 2.75) is 25.8 Å². The zero-order valence-electron chi connectivity index (χ0n) is 11.4. The smallest absolute Gasteiger partial charge is 0.282 e. The van der Waals surface area contributed by atoms with E-state index in [1.54, 1.807) is 6.92 Å². The lowest BCUT2D eigenvalue weighted by Crippen LogP contribution is -2.48. The largest absolute Gasteiger partial charge is 0.379 e. The van der Waals surface area contributed by atoms with E-state index < -0.39 is 10.2 Å². The van der Waals surface area contributed by atoms with Gasteiger partial charge >= 0.3 is 0 Å². The Morgan fingerprint density at radius 1 is 1.25 bits per heavy atom. The van der Waals surface area contributed by atoms with Crippen molar-refractivity contribution < 1.29 is 17.7 Å². The van der Waals surface area contributed by atoms with E-state index in [1.165, 1.54) is 8.61 Å². The summed E-state index contributed by atoms with van der Waals surface area (Å²) < 4.78 is 38.5. The number of hydrogen-bond acceptors (Lipinski definition) is 6. The summed E-state index contributed by atoms with van der Waals surface area (Å²) in [5.41, 5.74) is 0. The number of nitrogens with zero attached hydrogens (tertiary/aromatic N) is 4. The van der Waals surface area contributed by atoms with Crippen LogP contribution >= 0.6 is 0 Å². The van der Waals surface area contributed by atoms with Crippen LogP contribution in [0.5, 0.6) is 0 Å². The predicted molar refractivity (Wildman–Crippen MR) is 69.0 cm³/mol. The first-order valence-electron chi connectivity index (χ1n) is 6.74. The van der Waals surface area contributed by atoms with Crippen LogP contribution in [0.2, 0.25) is 0 Å². The molecule has 1 aromatic heterocycles. The molecule has 1 aromatic rings. The zero-order chi connectivity index (χ0) is 14.2. The Bertz CT molecular complexity index is 567. The van der Waals surface area contributed by atoms with E-state index in [0.717, 1.165) is 12.8 Å². The number of morpholine rings is 1. The molecule has 0 N–H and O–H groups in total. The fourth-order valence-corrected chi connectivity index (χ4v) is 4.44. The molecule has 0 bridgehead atoms. The normalized spacial score (nSPS) is 26.1. The molecule has 0 spiro atoms. The Hall–Kier alpha value is -1.03. The minimum atomic E-state index is -3.48. The second-order valence-corrected chi connectivity index (χ2v) is 6.84. The Morgan fingerprint density at radius 3 is 2.65 bits per heavy atom.